The van der Waals surface area contributed by atoms with E-state index in [1.165, 1.54) is 6.07 Å². The molecule has 0 aliphatic heterocycles. The van der Waals surface area contributed by atoms with E-state index in [0.717, 1.165) is 17.1 Å². The monoisotopic (exact) mass is 281 g/mol. The van der Waals surface area contributed by atoms with Gasteiger partial charge in [0.1, 0.15) is 0 Å². The number of aromatic nitrogens is 2. The van der Waals surface area contributed by atoms with E-state index in [9.17, 15) is 4.39 Å². The van der Waals surface area contributed by atoms with Crippen molar-refractivity contribution in [3.63, 3.8) is 0 Å². The van der Waals surface area contributed by atoms with Crippen molar-refractivity contribution in [2.45, 2.75) is 32.7 Å². The first-order valence-corrected chi connectivity index (χ1v) is 6.68. The normalized spacial score (nSPS) is 11.6. The van der Waals surface area contributed by atoms with E-state index in [2.05, 4.69) is 9.36 Å². The van der Waals surface area contributed by atoms with Gasteiger partial charge in [-0.2, -0.15) is 9.36 Å². The van der Waals surface area contributed by atoms with Crippen molar-refractivity contribution in [2.24, 2.45) is 5.73 Å². The van der Waals surface area contributed by atoms with Crippen molar-refractivity contribution >= 4 is 11.5 Å². The van der Waals surface area contributed by atoms with Crippen LogP contribution in [0.4, 0.5) is 4.39 Å². The zero-order valence-corrected chi connectivity index (χ0v) is 11.9. The highest BCUT2D eigenvalue weighted by molar-refractivity contribution is 7.07. The number of ether oxygens (including phenoxy) is 1. The Morgan fingerprint density at radius 1 is 1.37 bits per heavy atom. The summed E-state index contributed by atoms with van der Waals surface area (Å²) in [6, 6.07) is 4.64. The maximum absolute atomic E-state index is 13.7. The van der Waals surface area contributed by atoms with Crippen LogP contribution in [-0.2, 0) is 12.0 Å². The van der Waals surface area contributed by atoms with E-state index in [4.69, 9.17) is 10.5 Å². The first-order chi connectivity index (χ1) is 8.90. The predicted octanol–water partition coefficient (Wildman–Crippen LogP) is 3.23. The third-order valence-electron chi connectivity index (χ3n) is 2.51. The van der Waals surface area contributed by atoms with E-state index in [-0.39, 0.29) is 11.2 Å². The highest BCUT2D eigenvalue weighted by atomic mass is 32.1. The molecule has 0 radical (unpaired) electrons. The molecule has 4 nitrogen and oxygen atoms in total. The van der Waals surface area contributed by atoms with Crippen LogP contribution < -0.4 is 10.5 Å². The molecule has 2 rings (SSSR count). The van der Waals surface area contributed by atoms with Gasteiger partial charge in [0.25, 0.3) is 5.19 Å². The van der Waals surface area contributed by atoms with Gasteiger partial charge >= 0.3 is 0 Å². The first kappa shape index (κ1) is 13.9. The van der Waals surface area contributed by atoms with E-state index in [0.29, 0.717) is 17.6 Å². The Balaban J connectivity index is 2.20. The summed E-state index contributed by atoms with van der Waals surface area (Å²) in [6.07, 6.45) is 0. The fraction of sp³-hybridized carbons (Fsp3) is 0.385. The zero-order valence-electron chi connectivity index (χ0n) is 11.1. The molecule has 0 atom stereocenters. The molecule has 0 aliphatic rings. The van der Waals surface area contributed by atoms with Crippen molar-refractivity contribution in [1.29, 1.82) is 0 Å². The van der Waals surface area contributed by atoms with Gasteiger partial charge in [-0.1, -0.05) is 26.8 Å². The molecule has 0 unspecified atom stereocenters. The summed E-state index contributed by atoms with van der Waals surface area (Å²) in [5, 5.41) is 0.337. The smallest absolute Gasteiger partial charge is 0.298 e. The van der Waals surface area contributed by atoms with Crippen molar-refractivity contribution in [2.75, 3.05) is 0 Å². The molecule has 0 aliphatic carbocycles. The lowest BCUT2D eigenvalue weighted by atomic mass is 9.96. The van der Waals surface area contributed by atoms with Crippen LogP contribution in [-0.4, -0.2) is 9.36 Å². The fourth-order valence-electron chi connectivity index (χ4n) is 1.40. The lowest BCUT2D eigenvalue weighted by Gasteiger charge is -2.12. The van der Waals surface area contributed by atoms with Crippen LogP contribution in [0.15, 0.2) is 18.2 Å². The number of benzene rings is 1. The molecule has 0 saturated heterocycles. The topological polar surface area (TPSA) is 61.0 Å². The maximum Gasteiger partial charge on any atom is 0.298 e. The second-order valence-electron chi connectivity index (χ2n) is 5.20. The van der Waals surface area contributed by atoms with Gasteiger partial charge in [-0.3, -0.25) is 0 Å². The zero-order chi connectivity index (χ0) is 14.0. The Bertz CT molecular complexity index is 578. The summed E-state index contributed by atoms with van der Waals surface area (Å²) in [5.74, 6) is 0.371. The van der Waals surface area contributed by atoms with E-state index in [1.807, 2.05) is 20.8 Å². The predicted molar refractivity (Wildman–Crippen MR) is 73.0 cm³/mol. The quantitative estimate of drug-likeness (QED) is 0.938. The van der Waals surface area contributed by atoms with Crippen LogP contribution in [0.5, 0.6) is 10.9 Å². The Labute approximate surface area is 115 Å². The molecule has 0 amide bonds. The van der Waals surface area contributed by atoms with Gasteiger partial charge in [0.2, 0.25) is 0 Å². The molecule has 2 aromatic rings. The molecule has 0 fully saturated rings. The summed E-state index contributed by atoms with van der Waals surface area (Å²) in [4.78, 5) is 4.25. The van der Waals surface area contributed by atoms with Crippen LogP contribution in [0.1, 0.15) is 32.2 Å². The molecular formula is C13H16FN3OS. The van der Waals surface area contributed by atoms with Gasteiger partial charge in [0.15, 0.2) is 17.4 Å². The Morgan fingerprint density at radius 3 is 2.63 bits per heavy atom. The third-order valence-corrected chi connectivity index (χ3v) is 3.10. The molecule has 0 spiro atoms. The van der Waals surface area contributed by atoms with Gasteiger partial charge in [-0.15, -0.1) is 0 Å². The maximum atomic E-state index is 13.7. The van der Waals surface area contributed by atoms with Crippen LogP contribution >= 0.6 is 11.5 Å². The summed E-state index contributed by atoms with van der Waals surface area (Å²) in [7, 11) is 0. The minimum atomic E-state index is -0.449. The highest BCUT2D eigenvalue weighted by Gasteiger charge is 2.20. The number of rotatable bonds is 3. The molecule has 19 heavy (non-hydrogen) atoms. The Morgan fingerprint density at radius 2 is 2.11 bits per heavy atom. The second kappa shape index (κ2) is 5.22. The van der Waals surface area contributed by atoms with Crippen molar-refractivity contribution in [3.05, 3.63) is 35.4 Å². The SMILES string of the molecule is CC(C)(C)c1nsc(Oc2ccc(CN)cc2F)n1. The average Bonchev–Trinajstić information content (AvgIpc) is 2.80. The minimum absolute atomic E-state index is 0.133. The molecule has 0 saturated carbocycles. The molecule has 6 heteroatoms. The average molecular weight is 281 g/mol. The Kier molecular flexibility index (Phi) is 3.82. The minimum Gasteiger partial charge on any atom is -0.427 e. The van der Waals surface area contributed by atoms with E-state index in [1.54, 1.807) is 12.1 Å². The van der Waals surface area contributed by atoms with E-state index < -0.39 is 5.82 Å². The largest absolute Gasteiger partial charge is 0.427 e. The molecule has 102 valence electrons. The van der Waals surface area contributed by atoms with Crippen molar-refractivity contribution in [3.8, 4) is 10.9 Å². The molecular weight excluding hydrogens is 265 g/mol. The summed E-state index contributed by atoms with van der Waals surface area (Å²) in [5.41, 5.74) is 6.01. The van der Waals surface area contributed by atoms with Crippen LogP contribution in [0.3, 0.4) is 0 Å². The number of hydrogen-bond donors (Lipinski definition) is 1. The summed E-state index contributed by atoms with van der Waals surface area (Å²) >= 11 is 1.12. The highest BCUT2D eigenvalue weighted by Crippen LogP contribution is 2.29. The summed E-state index contributed by atoms with van der Waals surface area (Å²) < 4.78 is 23.4. The standard InChI is InChI=1S/C13H16FN3OS/c1-13(2,3)11-16-12(19-17-11)18-10-5-4-8(7-15)6-9(10)14/h4-6H,7,15H2,1-3H3. The third kappa shape index (κ3) is 3.27. The number of nitrogens with zero attached hydrogens (tertiary/aromatic N) is 2. The van der Waals surface area contributed by atoms with Gasteiger partial charge in [-0.05, 0) is 17.7 Å². The number of hydrogen-bond acceptors (Lipinski definition) is 5. The van der Waals surface area contributed by atoms with Gasteiger partial charge in [0.05, 0.1) is 0 Å². The molecule has 0 bridgehead atoms. The van der Waals surface area contributed by atoms with E-state index >= 15 is 0 Å². The number of halogens is 1. The van der Waals surface area contributed by atoms with Crippen LogP contribution in [0.2, 0.25) is 0 Å². The number of nitrogens with two attached hydrogens (primary N) is 1. The summed E-state index contributed by atoms with van der Waals surface area (Å²) in [6.45, 7) is 6.32. The fourth-order valence-corrected chi connectivity index (χ4v) is 2.14. The molecule has 1 heterocycles. The van der Waals surface area contributed by atoms with Crippen LogP contribution in [0.25, 0.3) is 0 Å². The lowest BCUT2D eigenvalue weighted by Crippen LogP contribution is -2.12. The second-order valence-corrected chi connectivity index (χ2v) is 5.92. The van der Waals surface area contributed by atoms with Crippen molar-refractivity contribution in [1.82, 2.24) is 9.36 Å². The lowest BCUT2D eigenvalue weighted by molar-refractivity contribution is 0.433. The molecule has 1 aromatic carbocycles. The van der Waals surface area contributed by atoms with Crippen molar-refractivity contribution < 1.29 is 9.13 Å². The van der Waals surface area contributed by atoms with Gasteiger partial charge < -0.3 is 10.5 Å². The molecule has 1 aromatic heterocycles. The van der Waals surface area contributed by atoms with Gasteiger partial charge in [0, 0.05) is 23.5 Å². The molecule has 2 N–H and O–H groups in total. The first-order valence-electron chi connectivity index (χ1n) is 5.90. The van der Waals surface area contributed by atoms with Crippen LogP contribution in [0, 0.1) is 5.82 Å². The Hall–Kier alpha value is -1.53. The van der Waals surface area contributed by atoms with Gasteiger partial charge in [-0.25, -0.2) is 4.39 Å².